The monoisotopic (exact) mass is 253 g/mol. The van der Waals surface area contributed by atoms with Crippen LogP contribution in [0.3, 0.4) is 0 Å². The first kappa shape index (κ1) is 12.7. The summed E-state index contributed by atoms with van der Waals surface area (Å²) in [5.74, 6) is 0. The van der Waals surface area contributed by atoms with Crippen molar-refractivity contribution in [1.29, 1.82) is 0 Å². The largest absolute Gasteiger partial charge is 0.327 e. The highest BCUT2D eigenvalue weighted by Crippen LogP contribution is 2.26. The zero-order valence-electron chi connectivity index (χ0n) is 10.5. The highest BCUT2D eigenvalue weighted by atomic mass is 35.5. The fourth-order valence-corrected chi connectivity index (χ4v) is 2.66. The van der Waals surface area contributed by atoms with Crippen LogP contribution in [0.25, 0.3) is 0 Å². The van der Waals surface area contributed by atoms with E-state index >= 15 is 0 Å². The second-order valence-electron chi connectivity index (χ2n) is 4.76. The highest BCUT2D eigenvalue weighted by Gasteiger charge is 2.16. The van der Waals surface area contributed by atoms with Crippen molar-refractivity contribution in [3.63, 3.8) is 0 Å². The second kappa shape index (κ2) is 5.23. The van der Waals surface area contributed by atoms with E-state index in [-0.39, 0.29) is 0 Å². The maximum absolute atomic E-state index is 6.34. The zero-order valence-corrected chi connectivity index (χ0v) is 11.3. The minimum atomic E-state index is 0.340. The van der Waals surface area contributed by atoms with E-state index in [0.717, 1.165) is 48.5 Å². The number of hydrogen-bond donors (Lipinski definition) is 1. The van der Waals surface area contributed by atoms with E-state index in [0.29, 0.717) is 6.04 Å². The molecule has 0 spiro atoms. The molecule has 1 aliphatic rings. The third-order valence-corrected chi connectivity index (χ3v) is 3.88. The minimum Gasteiger partial charge on any atom is -0.327 e. The van der Waals surface area contributed by atoms with Gasteiger partial charge in [0, 0.05) is 19.5 Å². The molecule has 94 valence electrons. The number of nitrogens with zero attached hydrogens (tertiary/aromatic N) is 2. The number of rotatable bonds is 3. The molecule has 1 aliphatic carbocycles. The Morgan fingerprint density at radius 1 is 1.59 bits per heavy atom. The molecular formula is C13H20ClN3. The molecule has 1 atom stereocenters. The van der Waals surface area contributed by atoms with Gasteiger partial charge >= 0.3 is 0 Å². The summed E-state index contributed by atoms with van der Waals surface area (Å²) in [4.78, 5) is 0. The SMILES string of the molecule is CCc1nn(C)c(CC2=CCC(N)CC2)c1Cl. The molecule has 2 N–H and O–H groups in total. The van der Waals surface area contributed by atoms with E-state index in [1.54, 1.807) is 0 Å². The highest BCUT2D eigenvalue weighted by molar-refractivity contribution is 6.31. The Labute approximate surface area is 108 Å². The van der Waals surface area contributed by atoms with Crippen LogP contribution in [-0.4, -0.2) is 15.8 Å². The molecule has 0 fully saturated rings. The molecule has 0 saturated heterocycles. The van der Waals surface area contributed by atoms with Crippen molar-refractivity contribution in [2.45, 2.75) is 45.1 Å². The first-order valence-corrected chi connectivity index (χ1v) is 6.63. The van der Waals surface area contributed by atoms with Gasteiger partial charge in [0.2, 0.25) is 0 Å². The van der Waals surface area contributed by atoms with Gasteiger partial charge in [-0.05, 0) is 25.7 Å². The lowest BCUT2D eigenvalue weighted by molar-refractivity contribution is 0.579. The fourth-order valence-electron chi connectivity index (χ4n) is 2.30. The van der Waals surface area contributed by atoms with E-state index in [1.807, 2.05) is 11.7 Å². The van der Waals surface area contributed by atoms with Crippen molar-refractivity contribution in [1.82, 2.24) is 9.78 Å². The van der Waals surface area contributed by atoms with Gasteiger partial charge in [-0.3, -0.25) is 4.68 Å². The summed E-state index contributed by atoms with van der Waals surface area (Å²) in [5, 5.41) is 5.28. The number of halogens is 1. The molecule has 0 saturated carbocycles. The van der Waals surface area contributed by atoms with Gasteiger partial charge in [0.1, 0.15) is 0 Å². The molecule has 0 aromatic carbocycles. The average molecular weight is 254 g/mol. The van der Waals surface area contributed by atoms with Crippen LogP contribution < -0.4 is 5.73 Å². The molecule has 2 rings (SSSR count). The normalized spacial score (nSPS) is 20.5. The Kier molecular flexibility index (Phi) is 3.89. The predicted molar refractivity (Wildman–Crippen MR) is 71.2 cm³/mol. The van der Waals surface area contributed by atoms with E-state index in [4.69, 9.17) is 17.3 Å². The van der Waals surface area contributed by atoms with Gasteiger partial charge in [-0.15, -0.1) is 0 Å². The number of nitrogens with two attached hydrogens (primary N) is 1. The van der Waals surface area contributed by atoms with Crippen LogP contribution in [-0.2, 0) is 19.9 Å². The van der Waals surface area contributed by atoms with E-state index in [9.17, 15) is 0 Å². The van der Waals surface area contributed by atoms with Crippen LogP contribution in [0, 0.1) is 0 Å². The minimum absolute atomic E-state index is 0.340. The quantitative estimate of drug-likeness (QED) is 0.842. The number of hydrogen-bond acceptors (Lipinski definition) is 2. The lowest BCUT2D eigenvalue weighted by Crippen LogP contribution is -2.22. The molecule has 1 heterocycles. The fraction of sp³-hybridized carbons (Fsp3) is 0.615. The van der Waals surface area contributed by atoms with Gasteiger partial charge in [0.05, 0.1) is 16.4 Å². The van der Waals surface area contributed by atoms with Crippen molar-refractivity contribution in [3.05, 3.63) is 28.1 Å². The van der Waals surface area contributed by atoms with Gasteiger partial charge in [0.15, 0.2) is 0 Å². The molecular weight excluding hydrogens is 234 g/mol. The number of aromatic nitrogens is 2. The Bertz CT molecular complexity index is 434. The van der Waals surface area contributed by atoms with E-state index in [2.05, 4.69) is 18.1 Å². The van der Waals surface area contributed by atoms with E-state index in [1.165, 1.54) is 5.57 Å². The maximum atomic E-state index is 6.34. The molecule has 0 bridgehead atoms. The summed E-state index contributed by atoms with van der Waals surface area (Å²) in [6.07, 6.45) is 7.23. The topological polar surface area (TPSA) is 43.8 Å². The molecule has 17 heavy (non-hydrogen) atoms. The van der Waals surface area contributed by atoms with Gasteiger partial charge in [-0.2, -0.15) is 5.10 Å². The molecule has 0 radical (unpaired) electrons. The van der Waals surface area contributed by atoms with Gasteiger partial charge in [0.25, 0.3) is 0 Å². The Morgan fingerprint density at radius 3 is 2.88 bits per heavy atom. The first-order chi connectivity index (χ1) is 8.11. The molecule has 3 nitrogen and oxygen atoms in total. The summed E-state index contributed by atoms with van der Waals surface area (Å²) >= 11 is 6.34. The lowest BCUT2D eigenvalue weighted by atomic mass is 9.93. The Hall–Kier alpha value is -0.800. The number of aryl methyl sites for hydroxylation is 2. The molecule has 1 aromatic rings. The van der Waals surface area contributed by atoms with Crippen LogP contribution in [0.1, 0.15) is 37.6 Å². The van der Waals surface area contributed by atoms with Crippen LogP contribution in [0.4, 0.5) is 0 Å². The van der Waals surface area contributed by atoms with Crippen molar-refractivity contribution in [3.8, 4) is 0 Å². The number of allylic oxidation sites excluding steroid dienone is 1. The molecule has 4 heteroatoms. The first-order valence-electron chi connectivity index (χ1n) is 6.25. The van der Waals surface area contributed by atoms with Crippen LogP contribution in [0.5, 0.6) is 0 Å². The van der Waals surface area contributed by atoms with Gasteiger partial charge in [-0.25, -0.2) is 0 Å². The van der Waals surface area contributed by atoms with Crippen LogP contribution >= 0.6 is 11.6 Å². The molecule has 1 unspecified atom stereocenters. The van der Waals surface area contributed by atoms with Crippen molar-refractivity contribution >= 4 is 11.6 Å². The summed E-state index contributed by atoms with van der Waals surface area (Å²) in [5.41, 5.74) is 9.46. The summed E-state index contributed by atoms with van der Waals surface area (Å²) in [7, 11) is 1.97. The zero-order chi connectivity index (χ0) is 12.4. The Morgan fingerprint density at radius 2 is 2.35 bits per heavy atom. The predicted octanol–water partition coefficient (Wildman–Crippen LogP) is 2.62. The van der Waals surface area contributed by atoms with Crippen LogP contribution in [0.2, 0.25) is 5.02 Å². The maximum Gasteiger partial charge on any atom is 0.0853 e. The van der Waals surface area contributed by atoms with E-state index < -0.39 is 0 Å². The molecule has 0 aliphatic heterocycles. The second-order valence-corrected chi connectivity index (χ2v) is 5.14. The summed E-state index contributed by atoms with van der Waals surface area (Å²) in [6, 6.07) is 0.340. The third-order valence-electron chi connectivity index (χ3n) is 3.44. The lowest BCUT2D eigenvalue weighted by Gasteiger charge is -2.18. The van der Waals surface area contributed by atoms with Crippen molar-refractivity contribution in [2.75, 3.05) is 0 Å². The third kappa shape index (κ3) is 2.72. The standard InChI is InChI=1S/C13H20ClN3/c1-3-11-13(14)12(17(2)16-11)8-9-4-6-10(15)7-5-9/h4,10H,3,5-8,15H2,1-2H3. The molecule has 0 amide bonds. The van der Waals surface area contributed by atoms with Gasteiger partial charge < -0.3 is 5.73 Å². The Balaban J connectivity index is 2.16. The summed E-state index contributed by atoms with van der Waals surface area (Å²) in [6.45, 7) is 2.08. The van der Waals surface area contributed by atoms with Crippen molar-refractivity contribution in [2.24, 2.45) is 12.8 Å². The average Bonchev–Trinajstić information content (AvgIpc) is 2.59. The smallest absolute Gasteiger partial charge is 0.0853 e. The summed E-state index contributed by atoms with van der Waals surface area (Å²) < 4.78 is 1.91. The van der Waals surface area contributed by atoms with Gasteiger partial charge in [-0.1, -0.05) is 30.2 Å². The molecule has 1 aromatic heterocycles. The van der Waals surface area contributed by atoms with Crippen molar-refractivity contribution < 1.29 is 0 Å². The van der Waals surface area contributed by atoms with Crippen LogP contribution in [0.15, 0.2) is 11.6 Å².